The summed E-state index contributed by atoms with van der Waals surface area (Å²) in [5, 5.41) is 3.01. The summed E-state index contributed by atoms with van der Waals surface area (Å²) in [5.41, 5.74) is -1.75. The standard InChI is InChI=1S/C12H12F5N3/c13-11(14)4-8-6-18-1-2-20(8)10-9(11)3-7(5-19-10)12(15,16)17/h3,5,8,18H,1-2,4,6H2/t8-/m1/s1. The van der Waals surface area contributed by atoms with Crippen molar-refractivity contribution in [1.82, 2.24) is 10.3 Å². The Kier molecular flexibility index (Phi) is 2.89. The maximum atomic E-state index is 14.1. The molecule has 1 aromatic heterocycles. The third-order valence-electron chi connectivity index (χ3n) is 3.70. The molecule has 3 rings (SSSR count). The highest BCUT2D eigenvalue weighted by molar-refractivity contribution is 5.54. The third-order valence-corrected chi connectivity index (χ3v) is 3.70. The molecule has 0 radical (unpaired) electrons. The number of alkyl halides is 5. The van der Waals surface area contributed by atoms with Gasteiger partial charge in [0.15, 0.2) is 0 Å². The maximum absolute atomic E-state index is 14.1. The van der Waals surface area contributed by atoms with E-state index in [9.17, 15) is 22.0 Å². The molecule has 3 nitrogen and oxygen atoms in total. The Labute approximate surface area is 111 Å². The van der Waals surface area contributed by atoms with Gasteiger partial charge in [0.05, 0.1) is 11.1 Å². The molecule has 2 aliphatic rings. The molecule has 8 heteroatoms. The van der Waals surface area contributed by atoms with E-state index in [0.29, 0.717) is 31.9 Å². The quantitative estimate of drug-likeness (QED) is 0.744. The number of aromatic nitrogens is 1. The number of hydrogen-bond donors (Lipinski definition) is 1. The molecular weight excluding hydrogens is 281 g/mol. The Morgan fingerprint density at radius 3 is 2.80 bits per heavy atom. The monoisotopic (exact) mass is 293 g/mol. The maximum Gasteiger partial charge on any atom is 0.417 e. The van der Waals surface area contributed by atoms with E-state index in [0.717, 1.165) is 0 Å². The molecule has 1 fully saturated rings. The average Bonchev–Trinajstić information content (AvgIpc) is 2.37. The van der Waals surface area contributed by atoms with Gasteiger partial charge >= 0.3 is 6.18 Å². The van der Waals surface area contributed by atoms with Gasteiger partial charge in [-0.25, -0.2) is 13.8 Å². The van der Waals surface area contributed by atoms with Crippen molar-refractivity contribution in [2.75, 3.05) is 24.5 Å². The number of fused-ring (bicyclic) bond motifs is 3. The van der Waals surface area contributed by atoms with Gasteiger partial charge in [-0.05, 0) is 6.07 Å². The van der Waals surface area contributed by atoms with Crippen LogP contribution in [0.3, 0.4) is 0 Å². The highest BCUT2D eigenvalue weighted by atomic mass is 19.4. The second kappa shape index (κ2) is 4.28. The van der Waals surface area contributed by atoms with Crippen molar-refractivity contribution < 1.29 is 22.0 Å². The Morgan fingerprint density at radius 1 is 1.35 bits per heavy atom. The summed E-state index contributed by atoms with van der Waals surface area (Å²) in [6, 6.07) is 0.0936. The zero-order valence-corrected chi connectivity index (χ0v) is 10.3. The predicted octanol–water partition coefficient (Wildman–Crippen LogP) is 2.37. The second-order valence-corrected chi connectivity index (χ2v) is 5.05. The van der Waals surface area contributed by atoms with E-state index < -0.39 is 35.7 Å². The summed E-state index contributed by atoms with van der Waals surface area (Å²) in [7, 11) is 0. The molecule has 20 heavy (non-hydrogen) atoms. The minimum absolute atomic E-state index is 0.0271. The van der Waals surface area contributed by atoms with Gasteiger partial charge in [0.25, 0.3) is 5.92 Å². The van der Waals surface area contributed by atoms with Crippen molar-refractivity contribution in [2.24, 2.45) is 0 Å². The van der Waals surface area contributed by atoms with Crippen LogP contribution in [0.2, 0.25) is 0 Å². The fraction of sp³-hybridized carbons (Fsp3) is 0.583. The van der Waals surface area contributed by atoms with Gasteiger partial charge in [0.1, 0.15) is 5.82 Å². The van der Waals surface area contributed by atoms with Gasteiger partial charge in [-0.15, -0.1) is 0 Å². The van der Waals surface area contributed by atoms with E-state index in [1.807, 2.05) is 0 Å². The van der Waals surface area contributed by atoms with Crippen molar-refractivity contribution in [3.8, 4) is 0 Å². The molecule has 0 aliphatic carbocycles. The number of anilines is 1. The van der Waals surface area contributed by atoms with E-state index in [-0.39, 0.29) is 5.82 Å². The second-order valence-electron chi connectivity index (χ2n) is 5.05. The predicted molar refractivity (Wildman–Crippen MR) is 61.8 cm³/mol. The molecule has 0 aromatic carbocycles. The lowest BCUT2D eigenvalue weighted by molar-refractivity contribution is -0.138. The minimum Gasteiger partial charge on any atom is -0.350 e. The summed E-state index contributed by atoms with van der Waals surface area (Å²) in [6.45, 7) is 1.45. The van der Waals surface area contributed by atoms with Gasteiger partial charge in [-0.2, -0.15) is 13.2 Å². The van der Waals surface area contributed by atoms with Gasteiger partial charge < -0.3 is 10.2 Å². The first kappa shape index (κ1) is 13.5. The Hall–Kier alpha value is -1.44. The molecule has 0 amide bonds. The van der Waals surface area contributed by atoms with E-state index in [4.69, 9.17) is 0 Å². The molecule has 3 heterocycles. The zero-order valence-electron chi connectivity index (χ0n) is 10.3. The first-order chi connectivity index (χ1) is 9.29. The number of nitrogens with one attached hydrogen (secondary N) is 1. The van der Waals surface area contributed by atoms with Crippen LogP contribution in [0.1, 0.15) is 17.5 Å². The topological polar surface area (TPSA) is 28.2 Å². The van der Waals surface area contributed by atoms with Gasteiger partial charge in [0.2, 0.25) is 0 Å². The molecule has 1 aromatic rings. The third kappa shape index (κ3) is 2.11. The molecule has 110 valence electrons. The molecule has 1 saturated heterocycles. The smallest absolute Gasteiger partial charge is 0.350 e. The van der Waals surface area contributed by atoms with Gasteiger partial charge in [0, 0.05) is 38.3 Å². The molecule has 0 bridgehead atoms. The zero-order chi connectivity index (χ0) is 14.5. The number of nitrogens with zero attached hydrogens (tertiary/aromatic N) is 2. The van der Waals surface area contributed by atoms with Crippen LogP contribution in [-0.4, -0.2) is 30.7 Å². The Morgan fingerprint density at radius 2 is 2.10 bits per heavy atom. The van der Waals surface area contributed by atoms with Crippen molar-refractivity contribution in [1.29, 1.82) is 0 Å². The summed E-state index contributed by atoms with van der Waals surface area (Å²) in [5.74, 6) is -3.31. The van der Waals surface area contributed by atoms with E-state index >= 15 is 0 Å². The van der Waals surface area contributed by atoms with Crippen LogP contribution in [0.5, 0.6) is 0 Å². The van der Waals surface area contributed by atoms with Crippen LogP contribution in [0.15, 0.2) is 12.3 Å². The van der Waals surface area contributed by atoms with Crippen LogP contribution in [-0.2, 0) is 12.1 Å². The number of pyridine rings is 1. The highest BCUT2D eigenvalue weighted by Gasteiger charge is 2.47. The van der Waals surface area contributed by atoms with Crippen LogP contribution >= 0.6 is 0 Å². The average molecular weight is 293 g/mol. The molecule has 0 saturated carbocycles. The number of halogens is 5. The van der Waals surface area contributed by atoms with E-state index in [2.05, 4.69) is 10.3 Å². The number of piperazine rings is 1. The van der Waals surface area contributed by atoms with Crippen LogP contribution in [0.4, 0.5) is 27.8 Å². The van der Waals surface area contributed by atoms with Crippen LogP contribution in [0, 0.1) is 0 Å². The SMILES string of the molecule is FC(F)(F)c1cnc2c(c1)C(F)(F)C[C@@H]1CNCCN21. The van der Waals surface area contributed by atoms with E-state index in [1.54, 1.807) is 4.90 Å². The Balaban J connectivity index is 2.09. The lowest BCUT2D eigenvalue weighted by Crippen LogP contribution is -2.56. The van der Waals surface area contributed by atoms with Crippen molar-refractivity contribution >= 4 is 5.82 Å². The summed E-state index contributed by atoms with van der Waals surface area (Å²) >= 11 is 0. The summed E-state index contributed by atoms with van der Waals surface area (Å²) in [6.07, 6.45) is -4.53. The fourth-order valence-corrected chi connectivity index (χ4v) is 2.74. The normalized spacial score (nSPS) is 25.1. The van der Waals surface area contributed by atoms with Gasteiger partial charge in [-0.1, -0.05) is 0 Å². The lowest BCUT2D eigenvalue weighted by Gasteiger charge is -2.44. The largest absolute Gasteiger partial charge is 0.417 e. The minimum atomic E-state index is -4.67. The highest BCUT2D eigenvalue weighted by Crippen LogP contribution is 2.45. The Bertz CT molecular complexity index is 528. The van der Waals surface area contributed by atoms with Crippen LogP contribution < -0.4 is 10.2 Å². The molecular formula is C12H12F5N3. The first-order valence-electron chi connectivity index (χ1n) is 6.22. The summed E-state index contributed by atoms with van der Waals surface area (Å²) in [4.78, 5) is 5.33. The number of hydrogen-bond acceptors (Lipinski definition) is 3. The number of rotatable bonds is 0. The molecule has 1 N–H and O–H groups in total. The molecule has 2 aliphatic heterocycles. The van der Waals surface area contributed by atoms with Gasteiger partial charge in [-0.3, -0.25) is 0 Å². The summed E-state index contributed by atoms with van der Waals surface area (Å²) < 4.78 is 66.1. The molecule has 1 atom stereocenters. The lowest BCUT2D eigenvalue weighted by atomic mass is 9.92. The first-order valence-corrected chi connectivity index (χ1v) is 6.22. The molecule has 0 unspecified atom stereocenters. The van der Waals surface area contributed by atoms with Crippen molar-refractivity contribution in [3.63, 3.8) is 0 Å². The van der Waals surface area contributed by atoms with E-state index in [1.165, 1.54) is 0 Å². The van der Waals surface area contributed by atoms with Crippen LogP contribution in [0.25, 0.3) is 0 Å². The van der Waals surface area contributed by atoms with Crippen molar-refractivity contribution in [3.05, 3.63) is 23.4 Å². The fourth-order valence-electron chi connectivity index (χ4n) is 2.74. The van der Waals surface area contributed by atoms with Crippen molar-refractivity contribution in [2.45, 2.75) is 24.6 Å². The molecule has 0 spiro atoms.